The minimum atomic E-state index is -3.77. The normalized spacial score (nSPS) is 18.6. The Morgan fingerprint density at radius 1 is 0.889 bits per heavy atom. The summed E-state index contributed by atoms with van der Waals surface area (Å²) in [5, 5.41) is 20.9. The van der Waals surface area contributed by atoms with Gasteiger partial charge in [0.1, 0.15) is 11.7 Å². The lowest BCUT2D eigenvalue weighted by molar-refractivity contribution is -0.131. The second-order valence-electron chi connectivity index (χ2n) is 16.2. The van der Waals surface area contributed by atoms with Gasteiger partial charge in [-0.2, -0.15) is 0 Å². The lowest BCUT2D eigenvalue weighted by Gasteiger charge is -2.41. The summed E-state index contributed by atoms with van der Waals surface area (Å²) in [6.07, 6.45) is 2.21. The second kappa shape index (κ2) is 16.7. The highest BCUT2D eigenvalue weighted by Gasteiger charge is 2.42. The van der Waals surface area contributed by atoms with Gasteiger partial charge in [0.25, 0.3) is 5.91 Å². The number of aliphatic hydroxyl groups excluding tert-OH is 1. The van der Waals surface area contributed by atoms with Crippen molar-refractivity contribution in [1.82, 2.24) is 30.8 Å². The number of aromatic nitrogens is 2. The van der Waals surface area contributed by atoms with Crippen molar-refractivity contribution in [3.05, 3.63) is 103 Å². The van der Waals surface area contributed by atoms with Gasteiger partial charge in [-0.1, -0.05) is 75.4 Å². The molecule has 12 nitrogen and oxygen atoms in total. The molecule has 5 rings (SSSR count). The molecule has 0 spiro atoms. The molecule has 1 aliphatic heterocycles. The van der Waals surface area contributed by atoms with E-state index in [0.717, 1.165) is 10.9 Å². The Labute approximate surface area is 318 Å². The predicted molar refractivity (Wildman–Crippen MR) is 208 cm³/mol. The summed E-state index contributed by atoms with van der Waals surface area (Å²) < 4.78 is 27.3. The van der Waals surface area contributed by atoms with Crippen molar-refractivity contribution < 1.29 is 27.9 Å². The first-order valence-electron chi connectivity index (χ1n) is 18.3. The topological polar surface area (TPSA) is 171 Å². The number of carbonyl (C=O) groups is 3. The maximum atomic E-state index is 14.2. The Morgan fingerprint density at radius 2 is 1.56 bits per heavy atom. The molecule has 288 valence electrons. The van der Waals surface area contributed by atoms with Crippen LogP contribution in [0.5, 0.6) is 0 Å². The summed E-state index contributed by atoms with van der Waals surface area (Å²) in [4.78, 5) is 51.9. The van der Waals surface area contributed by atoms with E-state index in [1.165, 1.54) is 24.5 Å². The largest absolute Gasteiger partial charge is 0.390 e. The van der Waals surface area contributed by atoms with Gasteiger partial charge in [-0.25, -0.2) is 13.4 Å². The third-order valence-corrected chi connectivity index (χ3v) is 11.9. The SMILES string of the molecule is CC(C)(C)NC(=O)[C@@H]1C[C@H](S(=O)(=O)c2ccncc2)CCN1C[C@@H](O)[C@H](Cc1ccccc1)NC(=O)C(NC(=O)c1ccc2ccccc2n1)C(C)(C)C. The minimum Gasteiger partial charge on any atom is -0.390 e. The van der Waals surface area contributed by atoms with Crippen molar-refractivity contribution in [3.63, 3.8) is 0 Å². The van der Waals surface area contributed by atoms with Gasteiger partial charge in [0.15, 0.2) is 9.84 Å². The highest BCUT2D eigenvalue weighted by Crippen LogP contribution is 2.29. The first-order valence-corrected chi connectivity index (χ1v) is 19.9. The molecule has 2 aromatic heterocycles. The summed E-state index contributed by atoms with van der Waals surface area (Å²) >= 11 is 0. The summed E-state index contributed by atoms with van der Waals surface area (Å²) in [7, 11) is -3.77. The average Bonchev–Trinajstić information content (AvgIpc) is 3.12. The number of fused-ring (bicyclic) bond motifs is 1. The number of likely N-dealkylation sites (tertiary alicyclic amines) is 1. The number of amides is 3. The maximum Gasteiger partial charge on any atom is 0.270 e. The van der Waals surface area contributed by atoms with E-state index in [4.69, 9.17) is 0 Å². The second-order valence-corrected chi connectivity index (χ2v) is 18.4. The van der Waals surface area contributed by atoms with E-state index in [1.54, 1.807) is 6.07 Å². The summed E-state index contributed by atoms with van der Waals surface area (Å²) in [5.74, 6) is -1.33. The lowest BCUT2D eigenvalue weighted by Crippen LogP contribution is -2.61. The first kappa shape index (κ1) is 40.5. The molecule has 1 fully saturated rings. The van der Waals surface area contributed by atoms with Crippen LogP contribution in [0.2, 0.25) is 0 Å². The highest BCUT2D eigenvalue weighted by atomic mass is 32.2. The Kier molecular flexibility index (Phi) is 12.5. The van der Waals surface area contributed by atoms with Gasteiger partial charge in [0.2, 0.25) is 11.8 Å². The van der Waals surface area contributed by atoms with Crippen LogP contribution in [-0.2, 0) is 25.8 Å². The molecule has 1 unspecified atom stereocenters. The smallest absolute Gasteiger partial charge is 0.270 e. The number of aliphatic hydroxyl groups is 1. The highest BCUT2D eigenvalue weighted by molar-refractivity contribution is 7.92. The monoisotopic (exact) mass is 756 g/mol. The Hall–Kier alpha value is -4.72. The van der Waals surface area contributed by atoms with E-state index in [9.17, 15) is 27.9 Å². The van der Waals surface area contributed by atoms with E-state index in [1.807, 2.05) is 107 Å². The van der Waals surface area contributed by atoms with Crippen LogP contribution in [0.4, 0.5) is 0 Å². The molecule has 2 aromatic carbocycles. The van der Waals surface area contributed by atoms with Crippen LogP contribution in [0.3, 0.4) is 0 Å². The average molecular weight is 757 g/mol. The molecule has 13 heteroatoms. The molecule has 1 aliphatic rings. The van der Waals surface area contributed by atoms with E-state index in [2.05, 4.69) is 25.9 Å². The van der Waals surface area contributed by atoms with Crippen molar-refractivity contribution in [2.24, 2.45) is 5.41 Å². The maximum absolute atomic E-state index is 14.2. The van der Waals surface area contributed by atoms with Crippen LogP contribution in [-0.4, -0.2) is 94.2 Å². The number of pyridine rings is 2. The first-order chi connectivity index (χ1) is 25.4. The van der Waals surface area contributed by atoms with Crippen molar-refractivity contribution in [3.8, 4) is 0 Å². The fourth-order valence-corrected chi connectivity index (χ4v) is 8.52. The van der Waals surface area contributed by atoms with Gasteiger partial charge in [0.05, 0.1) is 33.8 Å². The zero-order valence-electron chi connectivity index (χ0n) is 31.8. The van der Waals surface area contributed by atoms with E-state index in [-0.39, 0.29) is 48.8 Å². The van der Waals surface area contributed by atoms with E-state index < -0.39 is 62.1 Å². The zero-order valence-corrected chi connectivity index (χ0v) is 32.6. The van der Waals surface area contributed by atoms with Gasteiger partial charge >= 0.3 is 0 Å². The summed E-state index contributed by atoms with van der Waals surface area (Å²) in [6.45, 7) is 11.3. The molecule has 0 bridgehead atoms. The fraction of sp³-hybridized carbons (Fsp3) is 0.439. The number of rotatable bonds is 12. The van der Waals surface area contributed by atoms with E-state index in [0.29, 0.717) is 5.52 Å². The molecule has 0 radical (unpaired) electrons. The predicted octanol–water partition coefficient (Wildman–Crippen LogP) is 4.08. The number of sulfone groups is 1. The quantitative estimate of drug-likeness (QED) is 0.166. The van der Waals surface area contributed by atoms with Crippen LogP contribution in [0.25, 0.3) is 10.9 Å². The Balaban J connectivity index is 1.38. The Morgan fingerprint density at radius 3 is 2.22 bits per heavy atom. The van der Waals surface area contributed by atoms with Crippen LogP contribution < -0.4 is 16.0 Å². The number of benzene rings is 2. The zero-order chi connectivity index (χ0) is 39.3. The molecular weight excluding hydrogens is 705 g/mol. The van der Waals surface area contributed by atoms with Crippen molar-refractivity contribution in [1.29, 1.82) is 0 Å². The van der Waals surface area contributed by atoms with Crippen LogP contribution in [0.15, 0.2) is 96.2 Å². The molecule has 5 atom stereocenters. The van der Waals surface area contributed by atoms with Gasteiger partial charge in [-0.15, -0.1) is 0 Å². The number of hydrogen-bond donors (Lipinski definition) is 4. The molecule has 3 amide bonds. The molecule has 0 saturated carbocycles. The number of piperidine rings is 1. The third kappa shape index (κ3) is 10.3. The number of hydrogen-bond acceptors (Lipinski definition) is 9. The van der Waals surface area contributed by atoms with Crippen LogP contribution >= 0.6 is 0 Å². The van der Waals surface area contributed by atoms with E-state index >= 15 is 0 Å². The van der Waals surface area contributed by atoms with Crippen LogP contribution in [0.1, 0.15) is 70.4 Å². The fourth-order valence-electron chi connectivity index (χ4n) is 6.79. The molecule has 3 heterocycles. The molecule has 54 heavy (non-hydrogen) atoms. The number of nitrogens with zero attached hydrogens (tertiary/aromatic N) is 3. The molecule has 4 N–H and O–H groups in total. The molecular formula is C41H52N6O6S. The number of nitrogens with one attached hydrogen (secondary N) is 3. The summed E-state index contributed by atoms with van der Waals surface area (Å²) in [5.41, 5.74) is 0.378. The van der Waals surface area contributed by atoms with Gasteiger partial charge < -0.3 is 21.1 Å². The third-order valence-electron chi connectivity index (χ3n) is 9.63. The van der Waals surface area contributed by atoms with Crippen molar-refractivity contribution in [2.45, 2.75) is 101 Å². The molecule has 1 saturated heterocycles. The Bertz CT molecular complexity index is 2030. The summed E-state index contributed by atoms with van der Waals surface area (Å²) in [6, 6.07) is 20.5. The van der Waals surface area contributed by atoms with Gasteiger partial charge in [0, 0.05) is 36.4 Å². The standard InChI is InChI=1S/C41H52N6O6S/c1-40(2,3)36(45-37(49)32-17-16-28-14-10-11-15-31(28)43-32)39(51)44-33(24-27-12-8-7-9-13-27)35(48)26-47-23-20-30(25-34(47)38(50)46-41(4,5)6)54(52,53)29-18-21-42-22-19-29/h7-19,21-22,30,33-36,48H,20,23-26H2,1-6H3,(H,44,51)(H,45,49)(H,46,50)/t30-,33+,34+,35-,36?/m1/s1. The van der Waals surface area contributed by atoms with Crippen molar-refractivity contribution in [2.75, 3.05) is 13.1 Å². The number of para-hydroxylation sites is 1. The number of carbonyl (C=O) groups excluding carboxylic acids is 3. The molecule has 4 aromatic rings. The lowest BCUT2D eigenvalue weighted by atomic mass is 9.85. The van der Waals surface area contributed by atoms with Gasteiger partial charge in [-0.3, -0.25) is 24.3 Å². The minimum absolute atomic E-state index is 0.0183. The van der Waals surface area contributed by atoms with Crippen LogP contribution in [0, 0.1) is 5.41 Å². The van der Waals surface area contributed by atoms with Gasteiger partial charge in [-0.05, 0) is 75.3 Å². The van der Waals surface area contributed by atoms with Crippen molar-refractivity contribution >= 4 is 38.5 Å². The molecule has 0 aliphatic carbocycles. The number of β-amino-alcohol motifs (C(OH)–C–C–N with tert-alkyl or cyclic N) is 1.